The van der Waals surface area contributed by atoms with Crippen LogP contribution in [0.4, 0.5) is 4.39 Å². The van der Waals surface area contributed by atoms with Crippen LogP contribution in [0.5, 0.6) is 0 Å². The fourth-order valence-corrected chi connectivity index (χ4v) is 2.37. The van der Waals surface area contributed by atoms with Crippen LogP contribution in [0.1, 0.15) is 5.56 Å². The summed E-state index contributed by atoms with van der Waals surface area (Å²) in [6, 6.07) is 9.10. The van der Waals surface area contributed by atoms with E-state index in [-0.39, 0.29) is 5.82 Å². The van der Waals surface area contributed by atoms with Gasteiger partial charge in [-0.25, -0.2) is 4.39 Å². The van der Waals surface area contributed by atoms with Gasteiger partial charge in [-0.15, -0.1) is 17.9 Å². The molecular weight excluding hydrogens is 233 g/mol. The minimum absolute atomic E-state index is 0.167. The second-order valence-corrected chi connectivity index (χ2v) is 4.66. The Balaban J connectivity index is 2.21. The van der Waals surface area contributed by atoms with E-state index in [1.807, 2.05) is 35.7 Å². The number of nitrogens with one attached hydrogen (secondary N) is 1. The molecule has 0 radical (unpaired) electrons. The Labute approximate surface area is 105 Å². The van der Waals surface area contributed by atoms with Crippen LogP contribution in [-0.4, -0.2) is 6.54 Å². The Bertz CT molecular complexity index is 491. The maximum atomic E-state index is 13.7. The Morgan fingerprint density at radius 2 is 2.24 bits per heavy atom. The van der Waals surface area contributed by atoms with E-state index in [4.69, 9.17) is 0 Å². The molecule has 0 fully saturated rings. The van der Waals surface area contributed by atoms with E-state index in [0.717, 1.165) is 23.5 Å². The smallest absolute Gasteiger partial charge is 0.131 e. The standard InChI is InChI=1S/C14H14FNS/c1-2-7-16-10-11-5-6-13(15)12(9-11)14-4-3-8-17-14/h2-6,8-9,16H,1,7,10H2. The highest BCUT2D eigenvalue weighted by atomic mass is 32.1. The first-order valence-corrected chi connectivity index (χ1v) is 6.33. The summed E-state index contributed by atoms with van der Waals surface area (Å²) in [5.41, 5.74) is 1.76. The van der Waals surface area contributed by atoms with Gasteiger partial charge in [0.25, 0.3) is 0 Å². The molecule has 1 heterocycles. The predicted molar refractivity (Wildman–Crippen MR) is 71.6 cm³/mol. The highest BCUT2D eigenvalue weighted by Crippen LogP contribution is 2.28. The third-order valence-electron chi connectivity index (χ3n) is 2.44. The van der Waals surface area contributed by atoms with Crippen LogP contribution in [0, 0.1) is 5.82 Å². The summed E-state index contributed by atoms with van der Waals surface area (Å²) < 4.78 is 13.7. The van der Waals surface area contributed by atoms with Crippen molar-refractivity contribution in [2.45, 2.75) is 6.54 Å². The molecule has 0 unspecified atom stereocenters. The lowest BCUT2D eigenvalue weighted by atomic mass is 10.1. The predicted octanol–water partition coefficient (Wildman–Crippen LogP) is 3.83. The first-order chi connectivity index (χ1) is 8.31. The van der Waals surface area contributed by atoms with Crippen LogP contribution in [0.3, 0.4) is 0 Å². The molecule has 0 aliphatic heterocycles. The zero-order valence-electron chi connectivity index (χ0n) is 9.45. The molecular formula is C14H14FNS. The lowest BCUT2D eigenvalue weighted by molar-refractivity contribution is 0.630. The summed E-state index contributed by atoms with van der Waals surface area (Å²) in [5, 5.41) is 5.16. The maximum absolute atomic E-state index is 13.7. The summed E-state index contributed by atoms with van der Waals surface area (Å²) in [6.45, 7) is 5.13. The molecule has 0 amide bonds. The molecule has 1 aromatic heterocycles. The number of hydrogen-bond donors (Lipinski definition) is 1. The first-order valence-electron chi connectivity index (χ1n) is 5.45. The molecule has 88 valence electrons. The number of halogens is 1. The quantitative estimate of drug-likeness (QED) is 0.625. The molecule has 0 aliphatic carbocycles. The van der Waals surface area contributed by atoms with Crippen molar-refractivity contribution in [2.75, 3.05) is 6.54 Å². The summed E-state index contributed by atoms with van der Waals surface area (Å²) in [5.74, 6) is -0.167. The van der Waals surface area contributed by atoms with Gasteiger partial charge < -0.3 is 5.32 Å². The Hall–Kier alpha value is -1.45. The molecule has 0 bridgehead atoms. The zero-order valence-corrected chi connectivity index (χ0v) is 10.3. The van der Waals surface area contributed by atoms with Gasteiger partial charge in [0.1, 0.15) is 5.82 Å². The average molecular weight is 247 g/mol. The lowest BCUT2D eigenvalue weighted by Crippen LogP contribution is -2.12. The molecule has 0 atom stereocenters. The van der Waals surface area contributed by atoms with Gasteiger partial charge >= 0.3 is 0 Å². The third kappa shape index (κ3) is 3.02. The van der Waals surface area contributed by atoms with Crippen LogP contribution in [0.2, 0.25) is 0 Å². The van der Waals surface area contributed by atoms with Gasteiger partial charge in [-0.05, 0) is 29.1 Å². The molecule has 0 saturated heterocycles. The summed E-state index contributed by atoms with van der Waals surface area (Å²) in [4.78, 5) is 0.966. The van der Waals surface area contributed by atoms with E-state index in [0.29, 0.717) is 5.56 Å². The van der Waals surface area contributed by atoms with Gasteiger partial charge in [-0.1, -0.05) is 18.2 Å². The number of thiophene rings is 1. The SMILES string of the molecule is C=CCNCc1ccc(F)c(-c2cccs2)c1. The molecule has 3 heteroatoms. The van der Waals surface area contributed by atoms with E-state index in [1.54, 1.807) is 11.3 Å². The third-order valence-corrected chi connectivity index (χ3v) is 3.34. The minimum atomic E-state index is -0.167. The van der Waals surface area contributed by atoms with Crippen molar-refractivity contribution in [1.82, 2.24) is 5.32 Å². The van der Waals surface area contributed by atoms with Crippen molar-refractivity contribution >= 4 is 11.3 Å². The lowest BCUT2D eigenvalue weighted by Gasteiger charge is -2.06. The van der Waals surface area contributed by atoms with Crippen molar-refractivity contribution < 1.29 is 4.39 Å². The van der Waals surface area contributed by atoms with Gasteiger partial charge in [0.05, 0.1) is 0 Å². The van der Waals surface area contributed by atoms with Crippen molar-refractivity contribution in [2.24, 2.45) is 0 Å². The molecule has 1 aromatic carbocycles. The van der Waals surface area contributed by atoms with Gasteiger partial charge in [0, 0.05) is 23.5 Å². The second-order valence-electron chi connectivity index (χ2n) is 3.71. The Kier molecular flexibility index (Phi) is 4.07. The number of hydrogen-bond acceptors (Lipinski definition) is 2. The van der Waals surface area contributed by atoms with Crippen molar-refractivity contribution in [3.05, 3.63) is 59.7 Å². The molecule has 0 saturated carbocycles. The average Bonchev–Trinajstić information content (AvgIpc) is 2.85. The number of benzene rings is 1. The van der Waals surface area contributed by atoms with Gasteiger partial charge in [-0.3, -0.25) is 0 Å². The van der Waals surface area contributed by atoms with Gasteiger partial charge in [0.15, 0.2) is 0 Å². The molecule has 2 aromatic rings. The highest BCUT2D eigenvalue weighted by Gasteiger charge is 2.06. The second kappa shape index (κ2) is 5.75. The summed E-state index contributed by atoms with van der Waals surface area (Å²) in [7, 11) is 0. The molecule has 1 nitrogen and oxygen atoms in total. The molecule has 2 rings (SSSR count). The summed E-state index contributed by atoms with van der Waals surface area (Å²) >= 11 is 1.55. The highest BCUT2D eigenvalue weighted by molar-refractivity contribution is 7.13. The van der Waals surface area contributed by atoms with Crippen LogP contribution < -0.4 is 5.32 Å². The first kappa shape index (κ1) is 12.0. The maximum Gasteiger partial charge on any atom is 0.131 e. The summed E-state index contributed by atoms with van der Waals surface area (Å²) in [6.07, 6.45) is 1.81. The van der Waals surface area contributed by atoms with Crippen molar-refractivity contribution in [3.8, 4) is 10.4 Å². The van der Waals surface area contributed by atoms with Crippen molar-refractivity contribution in [3.63, 3.8) is 0 Å². The van der Waals surface area contributed by atoms with Crippen LogP contribution in [0.15, 0.2) is 48.4 Å². The van der Waals surface area contributed by atoms with E-state index in [9.17, 15) is 4.39 Å². The molecule has 0 aliphatic rings. The fraction of sp³-hybridized carbons (Fsp3) is 0.143. The van der Waals surface area contributed by atoms with E-state index in [1.165, 1.54) is 6.07 Å². The van der Waals surface area contributed by atoms with Gasteiger partial charge in [-0.2, -0.15) is 0 Å². The van der Waals surface area contributed by atoms with E-state index in [2.05, 4.69) is 11.9 Å². The van der Waals surface area contributed by atoms with E-state index < -0.39 is 0 Å². The fourth-order valence-electron chi connectivity index (χ4n) is 1.62. The molecule has 1 N–H and O–H groups in total. The zero-order chi connectivity index (χ0) is 12.1. The van der Waals surface area contributed by atoms with Crippen molar-refractivity contribution in [1.29, 1.82) is 0 Å². The van der Waals surface area contributed by atoms with Crippen LogP contribution in [0.25, 0.3) is 10.4 Å². The normalized spacial score (nSPS) is 10.4. The number of rotatable bonds is 5. The molecule has 0 spiro atoms. The van der Waals surface area contributed by atoms with E-state index >= 15 is 0 Å². The Morgan fingerprint density at radius 3 is 2.94 bits per heavy atom. The van der Waals surface area contributed by atoms with Crippen LogP contribution >= 0.6 is 11.3 Å². The van der Waals surface area contributed by atoms with Crippen LogP contribution in [-0.2, 0) is 6.54 Å². The van der Waals surface area contributed by atoms with Gasteiger partial charge in [0.2, 0.25) is 0 Å². The minimum Gasteiger partial charge on any atom is -0.309 e. The molecule has 17 heavy (non-hydrogen) atoms. The monoisotopic (exact) mass is 247 g/mol. The Morgan fingerprint density at radius 1 is 1.35 bits per heavy atom. The topological polar surface area (TPSA) is 12.0 Å². The largest absolute Gasteiger partial charge is 0.309 e.